The van der Waals surface area contributed by atoms with E-state index in [0.29, 0.717) is 45.9 Å². The number of allylic oxidation sites excluding steroid dienone is 1. The van der Waals surface area contributed by atoms with E-state index in [4.69, 9.17) is 19.9 Å². The van der Waals surface area contributed by atoms with Gasteiger partial charge in [-0.2, -0.15) is 4.98 Å². The molecule has 31 heavy (non-hydrogen) atoms. The molecule has 0 fully saturated rings. The van der Waals surface area contributed by atoms with E-state index in [1.54, 1.807) is 50.4 Å². The van der Waals surface area contributed by atoms with Crippen molar-refractivity contribution >= 4 is 11.9 Å². The molecule has 0 saturated carbocycles. The lowest BCUT2D eigenvalue weighted by Crippen LogP contribution is -2.31. The quantitative estimate of drug-likeness (QED) is 0.619. The number of primary amides is 1. The number of nitrogens with one attached hydrogen (secondary N) is 1. The SMILES string of the molecule is COc1cc(-c2nc3n(n2)C(c2ccncc2)C(C(N)=O)=C(C)N3)cc(OC)c1OC. The maximum absolute atomic E-state index is 12.3. The molecule has 3 N–H and O–H groups in total. The van der Waals surface area contributed by atoms with Gasteiger partial charge in [0.2, 0.25) is 17.6 Å². The van der Waals surface area contributed by atoms with Gasteiger partial charge in [0.1, 0.15) is 6.04 Å². The summed E-state index contributed by atoms with van der Waals surface area (Å²) in [5, 5.41) is 7.81. The number of methoxy groups -OCH3 is 3. The first-order chi connectivity index (χ1) is 15.0. The summed E-state index contributed by atoms with van der Waals surface area (Å²) in [7, 11) is 4.62. The van der Waals surface area contributed by atoms with Gasteiger partial charge in [0.05, 0.1) is 26.9 Å². The number of amides is 1. The molecule has 1 aliphatic heterocycles. The third-order valence-electron chi connectivity index (χ3n) is 5.06. The normalized spacial score (nSPS) is 15.2. The van der Waals surface area contributed by atoms with Crippen LogP contribution < -0.4 is 25.3 Å². The Morgan fingerprint density at radius 2 is 1.74 bits per heavy atom. The number of hydrogen-bond donors (Lipinski definition) is 2. The molecule has 10 nitrogen and oxygen atoms in total. The van der Waals surface area contributed by atoms with E-state index in [0.717, 1.165) is 5.56 Å². The van der Waals surface area contributed by atoms with Crippen LogP contribution in [-0.2, 0) is 4.79 Å². The minimum Gasteiger partial charge on any atom is -0.493 e. The average molecular weight is 422 g/mol. The molecule has 3 heterocycles. The van der Waals surface area contributed by atoms with E-state index in [-0.39, 0.29) is 0 Å². The molecule has 0 spiro atoms. The monoisotopic (exact) mass is 422 g/mol. The minimum absolute atomic E-state index is 0.403. The van der Waals surface area contributed by atoms with Crippen LogP contribution in [0.4, 0.5) is 5.95 Å². The number of carbonyl (C=O) groups is 1. The molecule has 10 heteroatoms. The largest absolute Gasteiger partial charge is 0.493 e. The van der Waals surface area contributed by atoms with E-state index in [9.17, 15) is 4.79 Å². The maximum atomic E-state index is 12.3. The van der Waals surface area contributed by atoms with Crippen molar-refractivity contribution in [3.63, 3.8) is 0 Å². The molecule has 0 saturated heterocycles. The Hall–Kier alpha value is -4.08. The third kappa shape index (κ3) is 3.41. The van der Waals surface area contributed by atoms with Crippen molar-refractivity contribution in [1.82, 2.24) is 19.7 Å². The molecule has 4 rings (SSSR count). The predicted octanol–water partition coefficient (Wildman–Crippen LogP) is 2.14. The van der Waals surface area contributed by atoms with Gasteiger partial charge in [0.25, 0.3) is 0 Å². The second kappa shape index (κ2) is 7.98. The number of anilines is 1. The molecular weight excluding hydrogens is 400 g/mol. The van der Waals surface area contributed by atoms with Crippen molar-refractivity contribution < 1.29 is 19.0 Å². The Morgan fingerprint density at radius 1 is 1.10 bits per heavy atom. The van der Waals surface area contributed by atoms with E-state index < -0.39 is 11.9 Å². The molecule has 1 atom stereocenters. The van der Waals surface area contributed by atoms with Crippen LogP contribution in [0.5, 0.6) is 17.2 Å². The number of nitrogens with zero attached hydrogens (tertiary/aromatic N) is 4. The summed E-state index contributed by atoms with van der Waals surface area (Å²) in [5.41, 5.74) is 8.20. The fraction of sp³-hybridized carbons (Fsp3) is 0.238. The molecule has 1 amide bonds. The molecule has 3 aromatic rings. The van der Waals surface area contributed by atoms with Crippen molar-refractivity contribution in [1.29, 1.82) is 0 Å². The van der Waals surface area contributed by atoms with Crippen molar-refractivity contribution in [3.8, 4) is 28.6 Å². The van der Waals surface area contributed by atoms with Crippen LogP contribution in [-0.4, -0.2) is 47.0 Å². The Bertz CT molecular complexity index is 1150. The average Bonchev–Trinajstić information content (AvgIpc) is 3.20. The summed E-state index contributed by atoms with van der Waals surface area (Å²) >= 11 is 0. The zero-order chi connectivity index (χ0) is 22.1. The highest BCUT2D eigenvalue weighted by Crippen LogP contribution is 2.42. The number of ether oxygens (including phenoxy) is 3. The lowest BCUT2D eigenvalue weighted by molar-refractivity contribution is -0.115. The lowest BCUT2D eigenvalue weighted by atomic mass is 9.96. The number of aromatic nitrogens is 4. The zero-order valence-corrected chi connectivity index (χ0v) is 17.5. The third-order valence-corrected chi connectivity index (χ3v) is 5.06. The Kier molecular flexibility index (Phi) is 5.20. The Morgan fingerprint density at radius 3 is 2.29 bits per heavy atom. The topological polar surface area (TPSA) is 126 Å². The van der Waals surface area contributed by atoms with E-state index in [1.807, 2.05) is 12.1 Å². The molecule has 1 unspecified atom stereocenters. The second-order valence-electron chi connectivity index (χ2n) is 6.83. The molecule has 1 aliphatic rings. The van der Waals surface area contributed by atoms with Crippen molar-refractivity contribution in [2.24, 2.45) is 5.73 Å². The van der Waals surface area contributed by atoms with Crippen molar-refractivity contribution in [3.05, 3.63) is 53.5 Å². The van der Waals surface area contributed by atoms with Crippen LogP contribution in [0, 0.1) is 0 Å². The lowest BCUT2D eigenvalue weighted by Gasteiger charge is -2.27. The summed E-state index contributed by atoms with van der Waals surface area (Å²) in [6.45, 7) is 1.78. The first-order valence-electron chi connectivity index (χ1n) is 9.43. The standard InChI is InChI=1S/C21H22N6O4/c1-11-16(19(22)28)17(12-5-7-23-8-6-12)27-21(24-11)25-20(26-27)13-9-14(29-2)18(31-4)15(10-13)30-3/h5-10,17H,1-4H3,(H2,22,28)(H,24,25,26). The molecule has 0 aliphatic carbocycles. The van der Waals surface area contributed by atoms with Crippen LogP contribution >= 0.6 is 0 Å². The first kappa shape index (κ1) is 20.2. The van der Waals surface area contributed by atoms with E-state index >= 15 is 0 Å². The van der Waals surface area contributed by atoms with Gasteiger partial charge in [-0.3, -0.25) is 9.78 Å². The maximum Gasteiger partial charge on any atom is 0.248 e. The number of nitrogens with two attached hydrogens (primary N) is 1. The molecule has 0 bridgehead atoms. The van der Waals surface area contributed by atoms with Gasteiger partial charge in [-0.05, 0) is 36.8 Å². The van der Waals surface area contributed by atoms with Gasteiger partial charge >= 0.3 is 0 Å². The Labute approximate surface area is 178 Å². The first-order valence-corrected chi connectivity index (χ1v) is 9.43. The number of carbonyl (C=O) groups excluding carboxylic acids is 1. The van der Waals surface area contributed by atoms with Crippen LogP contribution in [0.25, 0.3) is 11.4 Å². The van der Waals surface area contributed by atoms with Gasteiger partial charge in [-0.25, -0.2) is 4.68 Å². The van der Waals surface area contributed by atoms with Crippen molar-refractivity contribution in [2.75, 3.05) is 26.6 Å². The van der Waals surface area contributed by atoms with Crippen LogP contribution in [0.3, 0.4) is 0 Å². The van der Waals surface area contributed by atoms with Gasteiger partial charge in [-0.15, -0.1) is 5.10 Å². The van der Waals surface area contributed by atoms with E-state index in [2.05, 4.69) is 20.4 Å². The number of pyridine rings is 1. The summed E-state index contributed by atoms with van der Waals surface area (Å²) in [6, 6.07) is 6.62. The molecule has 160 valence electrons. The highest BCUT2D eigenvalue weighted by Gasteiger charge is 2.33. The van der Waals surface area contributed by atoms with Gasteiger partial charge in [0.15, 0.2) is 17.3 Å². The molecule has 2 aromatic heterocycles. The van der Waals surface area contributed by atoms with Gasteiger partial charge in [-0.1, -0.05) is 0 Å². The number of fused-ring (bicyclic) bond motifs is 1. The van der Waals surface area contributed by atoms with Gasteiger partial charge in [0, 0.05) is 23.7 Å². The van der Waals surface area contributed by atoms with Gasteiger partial charge < -0.3 is 25.3 Å². The number of hydrogen-bond acceptors (Lipinski definition) is 8. The molecular formula is C21H22N6O4. The van der Waals surface area contributed by atoms with Crippen molar-refractivity contribution in [2.45, 2.75) is 13.0 Å². The number of rotatable bonds is 6. The second-order valence-corrected chi connectivity index (χ2v) is 6.83. The minimum atomic E-state index is -0.542. The summed E-state index contributed by atoms with van der Waals surface area (Å²) in [5.74, 6) is 1.79. The smallest absolute Gasteiger partial charge is 0.248 e. The highest BCUT2D eigenvalue weighted by atomic mass is 16.5. The molecule has 1 aromatic carbocycles. The van der Waals surface area contributed by atoms with E-state index in [1.165, 1.54) is 7.11 Å². The predicted molar refractivity (Wildman–Crippen MR) is 113 cm³/mol. The Balaban J connectivity index is 1.88. The van der Waals surface area contributed by atoms with Crippen LogP contribution in [0.1, 0.15) is 18.5 Å². The van der Waals surface area contributed by atoms with Crippen LogP contribution in [0.2, 0.25) is 0 Å². The summed E-state index contributed by atoms with van der Waals surface area (Å²) < 4.78 is 17.9. The zero-order valence-electron chi connectivity index (χ0n) is 17.5. The molecule has 0 radical (unpaired) electrons. The summed E-state index contributed by atoms with van der Waals surface area (Å²) in [6.07, 6.45) is 3.31. The fourth-order valence-electron chi connectivity index (χ4n) is 3.66. The summed E-state index contributed by atoms with van der Waals surface area (Å²) in [4.78, 5) is 21.0. The fourth-order valence-corrected chi connectivity index (χ4v) is 3.66. The number of benzene rings is 1. The van der Waals surface area contributed by atoms with Crippen LogP contribution in [0.15, 0.2) is 47.9 Å². The highest BCUT2D eigenvalue weighted by molar-refractivity contribution is 5.95.